The zero-order chi connectivity index (χ0) is 80.9. The quantitative estimate of drug-likeness (QED) is 0.0141. The van der Waals surface area contributed by atoms with Crippen LogP contribution in [0.1, 0.15) is 224 Å². The number of benzene rings is 1. The number of carbonyl (C=O) groups is 6. The second-order valence-corrected chi connectivity index (χ2v) is 34.4. The number of rotatable bonds is 39. The summed E-state index contributed by atoms with van der Waals surface area (Å²) >= 11 is 17.6. The Labute approximate surface area is 661 Å². The molecule has 0 aliphatic carbocycles. The summed E-state index contributed by atoms with van der Waals surface area (Å²) in [6.07, 6.45) is 3.28. The monoisotopic (exact) mass is 1610 g/mol. The number of nitrogens with zero attached hydrogens (tertiary/aromatic N) is 3. The van der Waals surface area contributed by atoms with Crippen molar-refractivity contribution in [1.82, 2.24) is 46.4 Å². The number of alkyl carbamates (subject to hydrolysis) is 3. The van der Waals surface area contributed by atoms with Crippen molar-refractivity contribution in [3.8, 4) is 11.5 Å². The maximum atomic E-state index is 16.2. The van der Waals surface area contributed by atoms with Gasteiger partial charge >= 0.3 is 29.9 Å². The highest BCUT2D eigenvalue weighted by molar-refractivity contribution is 6.67. The highest BCUT2D eigenvalue weighted by Crippen LogP contribution is 2.47. The molecule has 0 saturated carbocycles. The van der Waals surface area contributed by atoms with Gasteiger partial charge < -0.3 is 93.1 Å². The van der Waals surface area contributed by atoms with Crippen LogP contribution >= 0.6 is 34.8 Å². The van der Waals surface area contributed by atoms with Crippen molar-refractivity contribution < 1.29 is 90.3 Å². The van der Waals surface area contributed by atoms with Gasteiger partial charge in [-0.25, -0.2) is 19.2 Å². The van der Waals surface area contributed by atoms with E-state index in [1.165, 1.54) is 63.8 Å². The van der Waals surface area contributed by atoms with E-state index in [-0.39, 0.29) is 57.9 Å². The fourth-order valence-corrected chi connectivity index (χ4v) is 14.1. The lowest BCUT2D eigenvalue weighted by molar-refractivity contribution is -0.276. The Morgan fingerprint density at radius 3 is 1.93 bits per heavy atom. The molecule has 110 heavy (non-hydrogen) atoms. The molecule has 5 aliphatic rings. The minimum Gasteiger partial charge on any atom is -0.497 e. The number of aromatic amines is 1. The van der Waals surface area contributed by atoms with Crippen molar-refractivity contribution in [3.05, 3.63) is 56.9 Å². The summed E-state index contributed by atoms with van der Waals surface area (Å²) in [6.45, 7) is 23.7. The third kappa shape index (κ3) is 27.8. The summed E-state index contributed by atoms with van der Waals surface area (Å²) in [7, 11) is 2.97. The van der Waals surface area contributed by atoms with Crippen LogP contribution < -0.4 is 52.6 Å². The van der Waals surface area contributed by atoms with E-state index in [2.05, 4.69) is 48.8 Å². The molecule has 34 heteroatoms. The fraction of sp³-hybridized carbons (Fsp3) is 0.776. The molecule has 7 rings (SSSR count). The second kappa shape index (κ2) is 41.2. The Morgan fingerprint density at radius 1 is 0.709 bits per heavy atom. The van der Waals surface area contributed by atoms with Gasteiger partial charge in [-0.05, 0) is 127 Å². The molecule has 0 bridgehead atoms. The van der Waals surface area contributed by atoms with Crippen LogP contribution in [0.2, 0.25) is 0 Å². The standard InChI is InChI=1S/C76H121Cl3N10O21/c1-17-20-21-22-23-24-25-26-27-28-29-30-31-33-49(89(44-46-34-35-47(98-15)42-50(46)99-16)62(92)53(86-70(97)110-73(10,11)12)48-36-40-82-66(84-48)87-69(96)100-45-76(77,78)79)61(91)81-39-32-38-80-54(64(93)108-71(4,5)6)56(57-58-59(105-74(13,14)104-58)63(102-57)88-41-37-52(90)85-67(88)94)103-65-60-55(106-75(18-2,19-3)107-60)51(101-65)43-83-68(95)109-72(7,8)9/h34-35,37,41-42,48-49,51,53-60,63,65,80H,17-33,36,38-40,43-45H2,1-16H3,(H,81,91)(H,83,95)(H,86,97)(H,85,90,94)(H2,82,84,87,96)/t48-,49+,51+,53-,54-,55+,56-,57+,58+,59+,60+,63+,65-/m0/s1. The van der Waals surface area contributed by atoms with Crippen molar-refractivity contribution in [3.63, 3.8) is 0 Å². The number of aliphatic imine (C=N–C) groups is 1. The minimum absolute atomic E-state index is 0.0364. The van der Waals surface area contributed by atoms with Crippen LogP contribution in [-0.2, 0) is 73.0 Å². The number of alkyl halides is 3. The van der Waals surface area contributed by atoms with Gasteiger partial charge in [0.05, 0.1) is 26.8 Å². The number of guanidine groups is 1. The molecule has 31 nitrogen and oxygen atoms in total. The summed E-state index contributed by atoms with van der Waals surface area (Å²) in [6, 6.07) is 1.00. The molecule has 7 N–H and O–H groups in total. The van der Waals surface area contributed by atoms with Gasteiger partial charge in [0.15, 0.2) is 24.1 Å². The molecule has 5 amide bonds. The van der Waals surface area contributed by atoms with Gasteiger partial charge in [0, 0.05) is 43.5 Å². The smallest absolute Gasteiger partial charge is 0.414 e. The van der Waals surface area contributed by atoms with Gasteiger partial charge in [-0.15, -0.1) is 0 Å². The number of aromatic nitrogens is 2. The van der Waals surface area contributed by atoms with Crippen LogP contribution in [0.15, 0.2) is 45.0 Å². The minimum atomic E-state index is -1.93. The number of unbranched alkanes of at least 4 members (excludes halogenated alkanes) is 12. The SMILES string of the molecule is CCCCCCCCCCCCCCC[C@H](C(=O)NCCCN[C@H](C(=O)OC(C)(C)C)[C@H](O[C@@H]1O[C@H](CNC(=O)OC(C)(C)C)[C@H]2OC(CC)(CC)O[C@@H]12)[C@H]1O[C@@H](n2ccc(=O)[nH]c2=O)[C@@H]2OC(C)(C)O[C@H]12)N(Cc1ccc(OC)cc1OC)C(=O)[C@@H](NC(=O)OC(C)(C)C)[C@@H]1CCN=C(NC(=O)OCC(Cl)(Cl)Cl)N1. The molecule has 0 radical (unpaired) electrons. The Hall–Kier alpha value is -6.26. The topological polar surface area (TPSA) is 365 Å². The first-order chi connectivity index (χ1) is 51.8. The molecular weight excluding hydrogens is 1500 g/mol. The van der Waals surface area contributed by atoms with Crippen LogP contribution in [-0.4, -0.2) is 209 Å². The van der Waals surface area contributed by atoms with Gasteiger partial charge in [-0.3, -0.25) is 39.0 Å². The van der Waals surface area contributed by atoms with Gasteiger partial charge in [0.25, 0.3) is 5.56 Å². The maximum Gasteiger partial charge on any atom is 0.414 e. The number of carbonyl (C=O) groups excluding carboxylic acids is 6. The molecule has 1 aromatic heterocycles. The first-order valence-corrected chi connectivity index (χ1v) is 39.9. The molecule has 13 atom stereocenters. The largest absolute Gasteiger partial charge is 0.497 e. The van der Waals surface area contributed by atoms with E-state index in [1.54, 1.807) is 94.4 Å². The van der Waals surface area contributed by atoms with Gasteiger partial charge in [-0.1, -0.05) is 139 Å². The lowest BCUT2D eigenvalue weighted by atomic mass is 9.98. The Kier molecular flexibility index (Phi) is 34.0. The molecule has 2 aromatic rings. The third-order valence-electron chi connectivity index (χ3n) is 19.0. The third-order valence-corrected chi connectivity index (χ3v) is 19.4. The first kappa shape index (κ1) is 90.9. The molecule has 6 heterocycles. The van der Waals surface area contributed by atoms with Crippen molar-refractivity contribution in [2.24, 2.45) is 4.99 Å². The zero-order valence-corrected chi connectivity index (χ0v) is 69.2. The lowest BCUT2D eigenvalue weighted by Gasteiger charge is -2.38. The van der Waals surface area contributed by atoms with E-state index in [0.29, 0.717) is 36.3 Å². The number of esters is 1. The maximum absolute atomic E-state index is 16.2. The number of hydrogen-bond acceptors (Lipinski definition) is 24. The average molecular weight is 1620 g/mol. The summed E-state index contributed by atoms with van der Waals surface area (Å²) in [4.78, 5) is 122. The van der Waals surface area contributed by atoms with E-state index in [1.807, 2.05) is 13.8 Å². The number of ether oxygens (including phenoxy) is 13. The fourth-order valence-electron chi connectivity index (χ4n) is 13.9. The summed E-state index contributed by atoms with van der Waals surface area (Å²) in [5.41, 5.74) is -3.95. The predicted molar refractivity (Wildman–Crippen MR) is 411 cm³/mol. The number of fused-ring (bicyclic) bond motifs is 2. The Balaban J connectivity index is 1.24. The summed E-state index contributed by atoms with van der Waals surface area (Å²) in [5, 5.41) is 17.7. The van der Waals surface area contributed by atoms with Gasteiger partial charge in [0.2, 0.25) is 21.6 Å². The molecule has 4 saturated heterocycles. The van der Waals surface area contributed by atoms with E-state index in [9.17, 15) is 24.0 Å². The van der Waals surface area contributed by atoms with Crippen LogP contribution in [0.3, 0.4) is 0 Å². The van der Waals surface area contributed by atoms with Crippen LogP contribution in [0.5, 0.6) is 11.5 Å². The molecule has 0 unspecified atom stereocenters. The molecule has 5 aliphatic heterocycles. The van der Waals surface area contributed by atoms with Gasteiger partial charge in [-0.2, -0.15) is 0 Å². The molecule has 0 spiro atoms. The first-order valence-electron chi connectivity index (χ1n) is 38.8. The second-order valence-electron chi connectivity index (χ2n) is 31.9. The van der Waals surface area contributed by atoms with Crippen LogP contribution in [0, 0.1) is 0 Å². The number of amides is 5. The number of methoxy groups -OCH3 is 2. The highest BCUT2D eigenvalue weighted by Gasteiger charge is 2.63. The molecule has 622 valence electrons. The van der Waals surface area contributed by atoms with E-state index >= 15 is 14.4 Å². The van der Waals surface area contributed by atoms with E-state index < -0.39 is 166 Å². The molecule has 1 aromatic carbocycles. The predicted octanol–water partition coefficient (Wildman–Crippen LogP) is 10.3. The van der Waals surface area contributed by atoms with Crippen LogP contribution in [0.25, 0.3) is 0 Å². The van der Waals surface area contributed by atoms with Gasteiger partial charge in [0.1, 0.15) is 95.8 Å². The number of nitrogens with one attached hydrogen (secondary N) is 7. The van der Waals surface area contributed by atoms with Crippen LogP contribution in [0.4, 0.5) is 14.4 Å². The lowest BCUT2D eigenvalue weighted by Crippen LogP contribution is -2.64. The van der Waals surface area contributed by atoms with Crippen molar-refractivity contribution in [1.29, 1.82) is 0 Å². The molecule has 4 fully saturated rings. The molecular formula is C76H121Cl3N10O21. The number of hydrogen-bond donors (Lipinski definition) is 7. The summed E-state index contributed by atoms with van der Waals surface area (Å²) < 4.78 is 80.8. The van der Waals surface area contributed by atoms with Crippen molar-refractivity contribution in [2.45, 2.75) is 331 Å². The van der Waals surface area contributed by atoms with Crippen molar-refractivity contribution >= 4 is 76.8 Å². The van der Waals surface area contributed by atoms with E-state index in [0.717, 1.165) is 49.2 Å². The normalized spacial score (nSPS) is 23.2. The Bertz CT molecular complexity index is 3480. The zero-order valence-electron chi connectivity index (χ0n) is 66.9. The highest BCUT2D eigenvalue weighted by atomic mass is 35.6. The van der Waals surface area contributed by atoms with Crippen molar-refractivity contribution in [2.75, 3.05) is 47.0 Å². The number of H-pyrrole nitrogens is 1. The number of halogens is 3. The van der Waals surface area contributed by atoms with E-state index in [4.69, 9.17) is 96.4 Å². The summed E-state index contributed by atoms with van der Waals surface area (Å²) in [5.74, 6) is -3.83. The average Bonchev–Trinajstić information content (AvgIpc) is 1.58. The Morgan fingerprint density at radius 2 is 1.33 bits per heavy atom.